The van der Waals surface area contributed by atoms with E-state index in [0.717, 1.165) is 5.56 Å². The van der Waals surface area contributed by atoms with Gasteiger partial charge in [-0.2, -0.15) is 0 Å². The number of pyridine rings is 1. The number of aromatic nitrogens is 2. The van der Waals surface area contributed by atoms with Crippen molar-refractivity contribution >= 4 is 5.78 Å². The number of ketones is 1. The Morgan fingerprint density at radius 1 is 1.35 bits per heavy atom. The van der Waals surface area contributed by atoms with Gasteiger partial charge in [-0.05, 0) is 29.8 Å². The van der Waals surface area contributed by atoms with Gasteiger partial charge in [0.1, 0.15) is 0 Å². The van der Waals surface area contributed by atoms with E-state index in [1.165, 1.54) is 0 Å². The summed E-state index contributed by atoms with van der Waals surface area (Å²) in [6.07, 6.45) is 4.36. The van der Waals surface area contributed by atoms with Crippen LogP contribution in [0.15, 0.2) is 42.9 Å². The molecule has 0 saturated heterocycles. The van der Waals surface area contributed by atoms with Crippen molar-refractivity contribution in [2.75, 3.05) is 0 Å². The Morgan fingerprint density at radius 3 is 2.82 bits per heavy atom. The molecule has 86 valence electrons. The first-order chi connectivity index (χ1) is 8.27. The molecule has 0 radical (unpaired) electrons. The number of aliphatic hydroxyl groups is 1. The zero-order valence-electron chi connectivity index (χ0n) is 9.15. The summed E-state index contributed by atoms with van der Waals surface area (Å²) >= 11 is 0. The van der Waals surface area contributed by atoms with Crippen molar-refractivity contribution in [1.82, 2.24) is 9.55 Å². The lowest BCUT2D eigenvalue weighted by Crippen LogP contribution is -2.19. The average molecular weight is 228 g/mol. The zero-order chi connectivity index (χ0) is 11.8. The maximum atomic E-state index is 12.1. The molecular formula is C13H12N2O2. The molecule has 0 spiro atoms. The van der Waals surface area contributed by atoms with Crippen LogP contribution in [-0.4, -0.2) is 20.4 Å². The number of aliphatic hydroxyl groups excluding tert-OH is 1. The van der Waals surface area contributed by atoms with E-state index < -0.39 is 6.10 Å². The minimum atomic E-state index is -0.759. The fourth-order valence-electron chi connectivity index (χ4n) is 2.32. The van der Waals surface area contributed by atoms with Crippen molar-refractivity contribution < 1.29 is 9.90 Å². The van der Waals surface area contributed by atoms with Gasteiger partial charge in [-0.3, -0.25) is 9.78 Å². The van der Waals surface area contributed by atoms with Crippen LogP contribution in [0.5, 0.6) is 0 Å². The first-order valence-electron chi connectivity index (χ1n) is 5.55. The summed E-state index contributed by atoms with van der Waals surface area (Å²) < 4.78 is 1.89. The van der Waals surface area contributed by atoms with Crippen molar-refractivity contribution in [3.8, 4) is 0 Å². The van der Waals surface area contributed by atoms with Crippen LogP contribution in [0.25, 0.3) is 0 Å². The topological polar surface area (TPSA) is 55.1 Å². The molecule has 2 aromatic rings. The summed E-state index contributed by atoms with van der Waals surface area (Å²) in [6, 6.07) is 7.13. The molecule has 3 heterocycles. The van der Waals surface area contributed by atoms with Gasteiger partial charge in [0.05, 0.1) is 17.7 Å². The number of hydrogen-bond donors (Lipinski definition) is 1. The summed E-state index contributed by atoms with van der Waals surface area (Å²) in [5.41, 5.74) is 1.42. The number of hydrogen-bond acceptors (Lipinski definition) is 3. The average Bonchev–Trinajstić information content (AvgIpc) is 2.93. The molecule has 3 rings (SSSR count). The molecule has 1 aliphatic rings. The highest BCUT2D eigenvalue weighted by atomic mass is 16.3. The Hall–Kier alpha value is -1.94. The Morgan fingerprint density at radius 2 is 2.12 bits per heavy atom. The molecule has 0 unspecified atom stereocenters. The van der Waals surface area contributed by atoms with Gasteiger partial charge < -0.3 is 9.67 Å². The van der Waals surface area contributed by atoms with Crippen LogP contribution in [0.1, 0.15) is 22.2 Å². The number of Topliss-reactive ketones (excluding diaryl/α,β-unsaturated/α-hetero) is 1. The minimum absolute atomic E-state index is 0.0133. The fraction of sp³-hybridized carbons (Fsp3) is 0.231. The summed E-state index contributed by atoms with van der Waals surface area (Å²) in [5, 5.41) is 10.2. The molecule has 0 aliphatic carbocycles. The highest BCUT2D eigenvalue weighted by Crippen LogP contribution is 2.31. The predicted octanol–water partition coefficient (Wildman–Crippen LogP) is 1.43. The molecule has 0 aromatic carbocycles. The molecule has 2 atom stereocenters. The van der Waals surface area contributed by atoms with E-state index in [1.54, 1.807) is 30.6 Å². The second kappa shape index (κ2) is 3.82. The van der Waals surface area contributed by atoms with Crippen molar-refractivity contribution in [2.24, 2.45) is 5.92 Å². The Bertz CT molecular complexity index is 548. The van der Waals surface area contributed by atoms with Gasteiger partial charge >= 0.3 is 0 Å². The molecule has 0 amide bonds. The van der Waals surface area contributed by atoms with Crippen molar-refractivity contribution in [1.29, 1.82) is 0 Å². The summed E-state index contributed by atoms with van der Waals surface area (Å²) in [5.74, 6) is -0.368. The smallest absolute Gasteiger partial charge is 0.187 e. The maximum Gasteiger partial charge on any atom is 0.187 e. The standard InChI is InChI=1S/C13H12N2O2/c16-12(9-3-5-14-6-4-9)10-8-15-7-1-2-11(15)13(10)17/h1-7,10,12,16H,8H2/t10-,12-/m1/s1. The van der Waals surface area contributed by atoms with Gasteiger partial charge in [-0.15, -0.1) is 0 Å². The van der Waals surface area contributed by atoms with Gasteiger partial charge in [0.15, 0.2) is 5.78 Å². The SMILES string of the molecule is O=C1c2cccn2C[C@@H]1[C@H](O)c1ccncc1. The zero-order valence-corrected chi connectivity index (χ0v) is 9.15. The number of carbonyl (C=O) groups is 1. The van der Waals surface area contributed by atoms with Crippen LogP contribution in [0.3, 0.4) is 0 Å². The van der Waals surface area contributed by atoms with Crippen LogP contribution in [0, 0.1) is 5.92 Å². The van der Waals surface area contributed by atoms with Crippen molar-refractivity contribution in [2.45, 2.75) is 12.6 Å². The van der Waals surface area contributed by atoms with E-state index in [9.17, 15) is 9.90 Å². The summed E-state index contributed by atoms with van der Waals surface area (Å²) in [6.45, 7) is 0.546. The molecular weight excluding hydrogens is 216 g/mol. The normalized spacial score (nSPS) is 20.3. The number of rotatable bonds is 2. The van der Waals surface area contributed by atoms with Gasteiger partial charge in [0.2, 0.25) is 0 Å². The lowest BCUT2D eigenvalue weighted by molar-refractivity contribution is 0.0697. The third-order valence-corrected chi connectivity index (χ3v) is 3.24. The second-order valence-electron chi connectivity index (χ2n) is 4.24. The van der Waals surface area contributed by atoms with Crippen LogP contribution in [0.2, 0.25) is 0 Å². The van der Waals surface area contributed by atoms with Crippen molar-refractivity contribution in [3.05, 3.63) is 54.1 Å². The molecule has 0 bridgehead atoms. The molecule has 0 saturated carbocycles. The minimum Gasteiger partial charge on any atom is -0.388 e. The lowest BCUT2D eigenvalue weighted by atomic mass is 9.93. The molecule has 4 heteroatoms. The Labute approximate surface area is 98.5 Å². The van der Waals surface area contributed by atoms with Gasteiger partial charge in [0.25, 0.3) is 0 Å². The van der Waals surface area contributed by atoms with Gasteiger partial charge in [0, 0.05) is 25.1 Å². The van der Waals surface area contributed by atoms with E-state index in [2.05, 4.69) is 4.98 Å². The van der Waals surface area contributed by atoms with E-state index in [4.69, 9.17) is 0 Å². The van der Waals surface area contributed by atoms with E-state index in [0.29, 0.717) is 12.2 Å². The van der Waals surface area contributed by atoms with E-state index in [-0.39, 0.29) is 11.7 Å². The maximum absolute atomic E-state index is 12.1. The lowest BCUT2D eigenvalue weighted by Gasteiger charge is -2.16. The number of nitrogens with zero attached hydrogens (tertiary/aromatic N) is 2. The molecule has 2 aromatic heterocycles. The summed E-state index contributed by atoms with van der Waals surface area (Å²) in [4.78, 5) is 16.0. The van der Waals surface area contributed by atoms with Crippen LogP contribution >= 0.6 is 0 Å². The van der Waals surface area contributed by atoms with E-state index >= 15 is 0 Å². The van der Waals surface area contributed by atoms with Crippen LogP contribution in [-0.2, 0) is 6.54 Å². The first kappa shape index (κ1) is 10.2. The molecule has 4 nitrogen and oxygen atoms in total. The van der Waals surface area contributed by atoms with Crippen LogP contribution in [0.4, 0.5) is 0 Å². The second-order valence-corrected chi connectivity index (χ2v) is 4.24. The summed E-state index contributed by atoms with van der Waals surface area (Å²) in [7, 11) is 0. The quantitative estimate of drug-likeness (QED) is 0.846. The van der Waals surface area contributed by atoms with Gasteiger partial charge in [-0.25, -0.2) is 0 Å². The molecule has 0 fully saturated rings. The monoisotopic (exact) mass is 228 g/mol. The molecule has 1 aliphatic heterocycles. The third kappa shape index (κ3) is 1.57. The fourth-order valence-corrected chi connectivity index (χ4v) is 2.32. The third-order valence-electron chi connectivity index (χ3n) is 3.24. The number of carbonyl (C=O) groups excluding carboxylic acids is 1. The van der Waals surface area contributed by atoms with Crippen molar-refractivity contribution in [3.63, 3.8) is 0 Å². The largest absolute Gasteiger partial charge is 0.388 e. The van der Waals surface area contributed by atoms with E-state index in [1.807, 2.05) is 16.8 Å². The van der Waals surface area contributed by atoms with Crippen LogP contribution < -0.4 is 0 Å². The highest BCUT2D eigenvalue weighted by molar-refractivity contribution is 5.98. The molecule has 17 heavy (non-hydrogen) atoms. The molecule has 1 N–H and O–H groups in total. The Kier molecular flexibility index (Phi) is 2.30. The highest BCUT2D eigenvalue weighted by Gasteiger charge is 2.35. The Balaban J connectivity index is 1.88. The number of fused-ring (bicyclic) bond motifs is 1. The first-order valence-corrected chi connectivity index (χ1v) is 5.55. The predicted molar refractivity (Wildman–Crippen MR) is 61.4 cm³/mol. The van der Waals surface area contributed by atoms with Gasteiger partial charge in [-0.1, -0.05) is 0 Å².